The van der Waals surface area contributed by atoms with Crippen LogP contribution in [0.2, 0.25) is 0 Å². The van der Waals surface area contributed by atoms with Gasteiger partial charge >= 0.3 is 0 Å². The quantitative estimate of drug-likeness (QED) is 0.785. The fourth-order valence-corrected chi connectivity index (χ4v) is 3.64. The Labute approximate surface area is 142 Å². The van der Waals surface area contributed by atoms with Crippen molar-refractivity contribution in [2.45, 2.75) is 42.9 Å². The number of unbranched alkanes of at least 4 members (excludes halogenated alkanes) is 1. The van der Waals surface area contributed by atoms with Gasteiger partial charge in [0.25, 0.3) is 0 Å². The van der Waals surface area contributed by atoms with Crippen LogP contribution >= 0.6 is 0 Å². The Kier molecular flexibility index (Phi) is 5.62. The summed E-state index contributed by atoms with van der Waals surface area (Å²) in [5.74, 6) is -0.309. The average molecular weight is 346 g/mol. The van der Waals surface area contributed by atoms with Crippen LogP contribution in [0, 0.1) is 0 Å². The molecular formula is C18H22N2O3S. The van der Waals surface area contributed by atoms with Gasteiger partial charge in [0, 0.05) is 6.92 Å². The Morgan fingerprint density at radius 3 is 2.29 bits per heavy atom. The number of nitrogen functional groups attached to an aromatic ring is 1. The minimum Gasteiger partial charge on any atom is -0.397 e. The van der Waals surface area contributed by atoms with E-state index >= 15 is 0 Å². The number of aryl methyl sites for hydroxylation is 1. The molecule has 0 atom stereocenters. The Morgan fingerprint density at radius 2 is 1.71 bits per heavy atom. The molecule has 1 amide bonds. The second kappa shape index (κ2) is 7.49. The molecule has 2 aromatic carbocycles. The molecule has 2 rings (SSSR count). The van der Waals surface area contributed by atoms with Crippen molar-refractivity contribution in [1.82, 2.24) is 0 Å². The molecule has 0 bridgehead atoms. The minimum atomic E-state index is -3.66. The number of anilines is 2. The molecule has 24 heavy (non-hydrogen) atoms. The molecule has 0 fully saturated rings. The predicted molar refractivity (Wildman–Crippen MR) is 95.7 cm³/mol. The first-order chi connectivity index (χ1) is 11.3. The molecule has 6 heteroatoms. The van der Waals surface area contributed by atoms with E-state index in [0.717, 1.165) is 24.8 Å². The van der Waals surface area contributed by atoms with Crippen LogP contribution in [0.3, 0.4) is 0 Å². The molecule has 128 valence electrons. The Bertz CT molecular complexity index is 828. The maximum absolute atomic E-state index is 12.8. The Hall–Kier alpha value is -2.34. The van der Waals surface area contributed by atoms with Crippen molar-refractivity contribution in [3.63, 3.8) is 0 Å². The van der Waals surface area contributed by atoms with Crippen LogP contribution in [-0.2, 0) is 21.1 Å². The molecule has 0 unspecified atom stereocenters. The molecule has 0 radical (unpaired) electrons. The summed E-state index contributed by atoms with van der Waals surface area (Å²) in [5, 5.41) is 2.54. The van der Waals surface area contributed by atoms with Gasteiger partial charge in [0.1, 0.15) is 0 Å². The molecule has 0 saturated carbocycles. The highest BCUT2D eigenvalue weighted by atomic mass is 32.2. The van der Waals surface area contributed by atoms with Gasteiger partial charge < -0.3 is 11.1 Å². The van der Waals surface area contributed by atoms with E-state index in [-0.39, 0.29) is 15.7 Å². The van der Waals surface area contributed by atoms with Crippen LogP contribution in [0.1, 0.15) is 32.3 Å². The highest BCUT2D eigenvalue weighted by Gasteiger charge is 2.19. The molecule has 0 aliphatic heterocycles. The highest BCUT2D eigenvalue weighted by Crippen LogP contribution is 2.27. The van der Waals surface area contributed by atoms with Gasteiger partial charge in [0.15, 0.2) is 0 Å². The Balaban J connectivity index is 2.34. The summed E-state index contributed by atoms with van der Waals surface area (Å²) in [6.45, 7) is 3.46. The van der Waals surface area contributed by atoms with Gasteiger partial charge in [-0.05, 0) is 48.7 Å². The standard InChI is InChI=1S/C18H22N2O3S/c1-3-4-5-14-6-8-15(9-7-14)24(22,23)16-10-11-17(19)18(12-16)20-13(2)21/h6-12H,3-5,19H2,1-2H3,(H,20,21). The highest BCUT2D eigenvalue weighted by molar-refractivity contribution is 7.91. The largest absolute Gasteiger partial charge is 0.397 e. The van der Waals surface area contributed by atoms with Gasteiger partial charge in [0.05, 0.1) is 21.2 Å². The first kappa shape index (κ1) is 18.0. The van der Waals surface area contributed by atoms with E-state index in [2.05, 4.69) is 12.2 Å². The molecule has 0 spiro atoms. The van der Waals surface area contributed by atoms with Gasteiger partial charge in [-0.1, -0.05) is 25.5 Å². The number of rotatable bonds is 6. The van der Waals surface area contributed by atoms with Gasteiger partial charge in [-0.3, -0.25) is 4.79 Å². The van der Waals surface area contributed by atoms with Crippen molar-refractivity contribution in [3.05, 3.63) is 48.0 Å². The summed E-state index contributed by atoms with van der Waals surface area (Å²) in [4.78, 5) is 11.5. The molecule has 0 aromatic heterocycles. The zero-order chi connectivity index (χ0) is 17.7. The van der Waals surface area contributed by atoms with E-state index in [1.807, 2.05) is 12.1 Å². The monoisotopic (exact) mass is 346 g/mol. The summed E-state index contributed by atoms with van der Waals surface area (Å²) in [6, 6.07) is 11.2. The zero-order valence-corrected chi connectivity index (χ0v) is 14.7. The number of hydrogen-bond donors (Lipinski definition) is 2. The van der Waals surface area contributed by atoms with E-state index in [0.29, 0.717) is 11.4 Å². The summed E-state index contributed by atoms with van der Waals surface area (Å²) in [7, 11) is -3.66. The van der Waals surface area contributed by atoms with Crippen LogP contribution in [0.5, 0.6) is 0 Å². The fourth-order valence-electron chi connectivity index (χ4n) is 2.35. The molecule has 0 aliphatic rings. The average Bonchev–Trinajstić information content (AvgIpc) is 2.54. The van der Waals surface area contributed by atoms with Crippen LogP contribution in [0.25, 0.3) is 0 Å². The first-order valence-electron chi connectivity index (χ1n) is 7.85. The van der Waals surface area contributed by atoms with E-state index in [1.165, 1.54) is 25.1 Å². The third-order valence-electron chi connectivity index (χ3n) is 3.70. The second-order valence-electron chi connectivity index (χ2n) is 5.68. The lowest BCUT2D eigenvalue weighted by molar-refractivity contribution is -0.114. The van der Waals surface area contributed by atoms with E-state index in [9.17, 15) is 13.2 Å². The van der Waals surface area contributed by atoms with Crippen molar-refractivity contribution in [3.8, 4) is 0 Å². The Morgan fingerprint density at radius 1 is 1.08 bits per heavy atom. The molecule has 2 aromatic rings. The number of carbonyl (C=O) groups excluding carboxylic acids is 1. The fraction of sp³-hybridized carbons (Fsp3) is 0.278. The lowest BCUT2D eigenvalue weighted by atomic mass is 10.1. The van der Waals surface area contributed by atoms with Gasteiger partial charge in [-0.15, -0.1) is 0 Å². The van der Waals surface area contributed by atoms with Crippen LogP contribution < -0.4 is 11.1 Å². The number of benzene rings is 2. The van der Waals surface area contributed by atoms with Crippen molar-refractivity contribution in [2.24, 2.45) is 0 Å². The van der Waals surface area contributed by atoms with E-state index < -0.39 is 9.84 Å². The summed E-state index contributed by atoms with van der Waals surface area (Å²) >= 11 is 0. The summed E-state index contributed by atoms with van der Waals surface area (Å²) in [5.41, 5.74) is 7.51. The SMILES string of the molecule is CCCCc1ccc(S(=O)(=O)c2ccc(N)c(NC(C)=O)c2)cc1. The lowest BCUT2D eigenvalue weighted by Gasteiger charge is -2.10. The molecule has 3 N–H and O–H groups in total. The number of amides is 1. The predicted octanol–water partition coefficient (Wildman–Crippen LogP) is 3.40. The number of sulfone groups is 1. The molecular weight excluding hydrogens is 324 g/mol. The summed E-state index contributed by atoms with van der Waals surface area (Å²) < 4.78 is 25.5. The zero-order valence-electron chi connectivity index (χ0n) is 13.9. The second-order valence-corrected chi connectivity index (χ2v) is 7.63. The molecule has 0 heterocycles. The maximum atomic E-state index is 12.8. The van der Waals surface area contributed by atoms with Crippen molar-refractivity contribution < 1.29 is 13.2 Å². The third kappa shape index (κ3) is 4.14. The topological polar surface area (TPSA) is 89.3 Å². The number of carbonyl (C=O) groups is 1. The third-order valence-corrected chi connectivity index (χ3v) is 5.47. The maximum Gasteiger partial charge on any atom is 0.221 e. The number of nitrogens with two attached hydrogens (primary N) is 1. The van der Waals surface area contributed by atoms with E-state index in [4.69, 9.17) is 5.73 Å². The lowest BCUT2D eigenvalue weighted by Crippen LogP contribution is -2.10. The minimum absolute atomic E-state index is 0.0989. The van der Waals surface area contributed by atoms with Crippen molar-refractivity contribution >= 4 is 27.1 Å². The van der Waals surface area contributed by atoms with E-state index in [1.54, 1.807) is 12.1 Å². The van der Waals surface area contributed by atoms with Gasteiger partial charge in [0.2, 0.25) is 15.7 Å². The number of hydrogen-bond acceptors (Lipinski definition) is 4. The normalized spacial score (nSPS) is 11.2. The van der Waals surface area contributed by atoms with Crippen molar-refractivity contribution in [2.75, 3.05) is 11.1 Å². The number of nitrogens with one attached hydrogen (secondary N) is 1. The molecule has 5 nitrogen and oxygen atoms in total. The summed E-state index contributed by atoms with van der Waals surface area (Å²) in [6.07, 6.45) is 3.10. The van der Waals surface area contributed by atoms with Crippen molar-refractivity contribution in [1.29, 1.82) is 0 Å². The molecule has 0 aliphatic carbocycles. The van der Waals surface area contributed by atoms with Crippen LogP contribution in [0.15, 0.2) is 52.3 Å². The smallest absolute Gasteiger partial charge is 0.221 e. The van der Waals surface area contributed by atoms with Crippen LogP contribution in [-0.4, -0.2) is 14.3 Å². The van der Waals surface area contributed by atoms with Gasteiger partial charge in [-0.2, -0.15) is 0 Å². The molecule has 0 saturated heterocycles. The van der Waals surface area contributed by atoms with Crippen LogP contribution in [0.4, 0.5) is 11.4 Å². The first-order valence-corrected chi connectivity index (χ1v) is 9.34. The van der Waals surface area contributed by atoms with Gasteiger partial charge in [-0.25, -0.2) is 8.42 Å².